The number of rotatable bonds is 6. The molecule has 1 unspecified atom stereocenters. The summed E-state index contributed by atoms with van der Waals surface area (Å²) in [7, 11) is 3.11. The van der Waals surface area contributed by atoms with Crippen LogP contribution >= 0.6 is 11.8 Å². The van der Waals surface area contributed by atoms with Gasteiger partial charge < -0.3 is 19.7 Å². The van der Waals surface area contributed by atoms with Crippen molar-refractivity contribution in [1.29, 1.82) is 0 Å². The van der Waals surface area contributed by atoms with Gasteiger partial charge in [-0.05, 0) is 36.6 Å². The molecule has 0 radical (unpaired) electrons. The molecule has 1 N–H and O–H groups in total. The first kappa shape index (κ1) is 19.1. The Balaban J connectivity index is 1.72. The third kappa shape index (κ3) is 4.19. The van der Waals surface area contributed by atoms with Crippen molar-refractivity contribution in [1.82, 2.24) is 0 Å². The maximum atomic E-state index is 12.6. The Hall–Kier alpha value is -2.67. The van der Waals surface area contributed by atoms with E-state index in [9.17, 15) is 9.59 Å². The molecule has 2 amide bonds. The van der Waals surface area contributed by atoms with E-state index in [0.29, 0.717) is 23.7 Å². The zero-order valence-corrected chi connectivity index (χ0v) is 16.3. The highest BCUT2D eigenvalue weighted by Crippen LogP contribution is 2.34. The van der Waals surface area contributed by atoms with Crippen molar-refractivity contribution in [3.8, 4) is 11.5 Å². The van der Waals surface area contributed by atoms with Gasteiger partial charge >= 0.3 is 0 Å². The average molecular weight is 386 g/mol. The third-order valence-corrected chi connectivity index (χ3v) is 5.24. The molecule has 1 saturated heterocycles. The van der Waals surface area contributed by atoms with Crippen molar-refractivity contribution in [2.45, 2.75) is 11.3 Å². The summed E-state index contributed by atoms with van der Waals surface area (Å²) in [6, 6.07) is 12.9. The van der Waals surface area contributed by atoms with E-state index in [-0.39, 0.29) is 18.2 Å². The lowest BCUT2D eigenvalue weighted by Gasteiger charge is -2.18. The van der Waals surface area contributed by atoms with Crippen LogP contribution in [0.4, 0.5) is 11.4 Å². The lowest BCUT2D eigenvalue weighted by molar-refractivity contribution is -0.122. The molecular formula is C20H22N2O4S. The number of benzene rings is 2. The highest BCUT2D eigenvalue weighted by molar-refractivity contribution is 7.98. The molecule has 1 aliphatic rings. The molecule has 1 aliphatic heterocycles. The Morgan fingerprint density at radius 3 is 2.63 bits per heavy atom. The predicted octanol–water partition coefficient (Wildman–Crippen LogP) is 3.42. The maximum absolute atomic E-state index is 12.6. The van der Waals surface area contributed by atoms with Crippen LogP contribution < -0.4 is 19.7 Å². The second-order valence-corrected chi connectivity index (χ2v) is 7.05. The fourth-order valence-electron chi connectivity index (χ4n) is 3.07. The van der Waals surface area contributed by atoms with Crippen molar-refractivity contribution >= 4 is 35.0 Å². The molecule has 2 aromatic rings. The summed E-state index contributed by atoms with van der Waals surface area (Å²) in [6.45, 7) is 0.336. The molecule has 0 bridgehead atoms. The van der Waals surface area contributed by atoms with Crippen LogP contribution in [0, 0.1) is 5.92 Å². The molecule has 0 aliphatic carbocycles. The SMILES string of the molecule is COc1ccc(N2CC(C(=O)Nc3cccc(SC)c3)CC2=O)cc1OC. The Kier molecular flexibility index (Phi) is 5.91. The predicted molar refractivity (Wildman–Crippen MR) is 107 cm³/mol. The molecule has 2 aromatic carbocycles. The van der Waals surface area contributed by atoms with Crippen LogP contribution in [0.2, 0.25) is 0 Å². The highest BCUT2D eigenvalue weighted by atomic mass is 32.2. The number of carbonyl (C=O) groups excluding carboxylic acids is 2. The third-order valence-electron chi connectivity index (χ3n) is 4.51. The molecular weight excluding hydrogens is 364 g/mol. The van der Waals surface area contributed by atoms with E-state index in [1.807, 2.05) is 30.5 Å². The van der Waals surface area contributed by atoms with Crippen LogP contribution in [-0.4, -0.2) is 38.8 Å². The summed E-state index contributed by atoms with van der Waals surface area (Å²) in [4.78, 5) is 27.8. The van der Waals surface area contributed by atoms with E-state index in [2.05, 4.69) is 5.32 Å². The fraction of sp³-hybridized carbons (Fsp3) is 0.300. The Morgan fingerprint density at radius 2 is 1.93 bits per heavy atom. The number of thioether (sulfide) groups is 1. The monoisotopic (exact) mass is 386 g/mol. The minimum absolute atomic E-state index is 0.0831. The number of hydrogen-bond donors (Lipinski definition) is 1. The van der Waals surface area contributed by atoms with Gasteiger partial charge in [-0.15, -0.1) is 11.8 Å². The van der Waals surface area contributed by atoms with Gasteiger partial charge in [0.15, 0.2) is 11.5 Å². The zero-order valence-electron chi connectivity index (χ0n) is 15.5. The van der Waals surface area contributed by atoms with E-state index >= 15 is 0 Å². The molecule has 1 fully saturated rings. The molecule has 6 nitrogen and oxygen atoms in total. The van der Waals surface area contributed by atoms with Gasteiger partial charge in [0.25, 0.3) is 0 Å². The van der Waals surface area contributed by atoms with Crippen LogP contribution in [0.15, 0.2) is 47.4 Å². The zero-order chi connectivity index (χ0) is 19.4. The summed E-state index contributed by atoms with van der Waals surface area (Å²) in [5, 5.41) is 2.92. The molecule has 3 rings (SSSR count). The standard InChI is InChI=1S/C20H22N2O4S/c1-25-17-8-7-15(11-18(17)26-2)22-12-13(9-19(22)23)20(24)21-14-5-4-6-16(10-14)27-3/h4-8,10-11,13H,9,12H2,1-3H3,(H,21,24). The quantitative estimate of drug-likeness (QED) is 0.771. The molecule has 1 heterocycles. The van der Waals surface area contributed by atoms with E-state index in [0.717, 1.165) is 10.6 Å². The number of nitrogens with zero attached hydrogens (tertiary/aromatic N) is 1. The summed E-state index contributed by atoms with van der Waals surface area (Å²) in [5.74, 6) is 0.508. The number of hydrogen-bond acceptors (Lipinski definition) is 5. The second kappa shape index (κ2) is 8.35. The fourth-order valence-corrected chi connectivity index (χ4v) is 3.53. The largest absolute Gasteiger partial charge is 0.493 e. The number of anilines is 2. The number of methoxy groups -OCH3 is 2. The molecule has 0 aromatic heterocycles. The molecule has 0 spiro atoms. The first-order valence-corrected chi connectivity index (χ1v) is 9.75. The lowest BCUT2D eigenvalue weighted by atomic mass is 10.1. The highest BCUT2D eigenvalue weighted by Gasteiger charge is 2.35. The maximum Gasteiger partial charge on any atom is 0.229 e. The van der Waals surface area contributed by atoms with Gasteiger partial charge in [-0.2, -0.15) is 0 Å². The van der Waals surface area contributed by atoms with Crippen molar-refractivity contribution in [2.24, 2.45) is 5.92 Å². The Bertz CT molecular complexity index is 856. The summed E-state index contributed by atoms with van der Waals surface area (Å²) < 4.78 is 10.5. The van der Waals surface area contributed by atoms with Gasteiger partial charge in [-0.1, -0.05) is 6.07 Å². The van der Waals surface area contributed by atoms with Crippen molar-refractivity contribution < 1.29 is 19.1 Å². The van der Waals surface area contributed by atoms with Gasteiger partial charge in [-0.3, -0.25) is 9.59 Å². The molecule has 0 saturated carbocycles. The Morgan fingerprint density at radius 1 is 1.15 bits per heavy atom. The van der Waals surface area contributed by atoms with E-state index < -0.39 is 5.92 Å². The van der Waals surface area contributed by atoms with E-state index in [1.54, 1.807) is 49.1 Å². The van der Waals surface area contributed by atoms with Crippen molar-refractivity contribution in [3.05, 3.63) is 42.5 Å². The van der Waals surface area contributed by atoms with E-state index in [4.69, 9.17) is 9.47 Å². The number of carbonyl (C=O) groups is 2. The first-order valence-electron chi connectivity index (χ1n) is 8.53. The molecule has 7 heteroatoms. The summed E-state index contributed by atoms with van der Waals surface area (Å²) >= 11 is 1.61. The van der Waals surface area contributed by atoms with Crippen LogP contribution in [0.5, 0.6) is 11.5 Å². The number of nitrogens with one attached hydrogen (secondary N) is 1. The van der Waals surface area contributed by atoms with E-state index in [1.165, 1.54) is 0 Å². The summed E-state index contributed by atoms with van der Waals surface area (Å²) in [5.41, 5.74) is 1.43. The summed E-state index contributed by atoms with van der Waals surface area (Å²) in [6.07, 6.45) is 2.17. The lowest BCUT2D eigenvalue weighted by Crippen LogP contribution is -2.28. The average Bonchev–Trinajstić information content (AvgIpc) is 3.09. The number of amides is 2. The molecule has 142 valence electrons. The topological polar surface area (TPSA) is 67.9 Å². The smallest absolute Gasteiger partial charge is 0.229 e. The van der Waals surface area contributed by atoms with Crippen LogP contribution in [-0.2, 0) is 9.59 Å². The van der Waals surface area contributed by atoms with Gasteiger partial charge in [-0.25, -0.2) is 0 Å². The van der Waals surface area contributed by atoms with Gasteiger partial charge in [0, 0.05) is 35.3 Å². The Labute approximate surface area is 162 Å². The normalized spacial score (nSPS) is 16.3. The first-order chi connectivity index (χ1) is 13.0. The minimum atomic E-state index is -0.400. The van der Waals surface area contributed by atoms with Gasteiger partial charge in [0.1, 0.15) is 0 Å². The van der Waals surface area contributed by atoms with Crippen molar-refractivity contribution in [2.75, 3.05) is 37.2 Å². The molecule has 27 heavy (non-hydrogen) atoms. The second-order valence-electron chi connectivity index (χ2n) is 6.17. The molecule has 1 atom stereocenters. The van der Waals surface area contributed by atoms with Crippen LogP contribution in [0.25, 0.3) is 0 Å². The van der Waals surface area contributed by atoms with Crippen molar-refractivity contribution in [3.63, 3.8) is 0 Å². The number of ether oxygens (including phenoxy) is 2. The van der Waals surface area contributed by atoms with Gasteiger partial charge in [0.2, 0.25) is 11.8 Å². The minimum Gasteiger partial charge on any atom is -0.493 e. The van der Waals surface area contributed by atoms with Crippen LogP contribution in [0.1, 0.15) is 6.42 Å². The van der Waals surface area contributed by atoms with Gasteiger partial charge in [0.05, 0.1) is 20.1 Å². The van der Waals surface area contributed by atoms with Crippen LogP contribution in [0.3, 0.4) is 0 Å².